The summed E-state index contributed by atoms with van der Waals surface area (Å²) < 4.78 is 4.59. The van der Waals surface area contributed by atoms with Gasteiger partial charge in [0.05, 0.1) is 7.11 Å². The van der Waals surface area contributed by atoms with Crippen molar-refractivity contribution in [3.8, 4) is 0 Å². The Morgan fingerprint density at radius 2 is 1.96 bits per heavy atom. The number of ether oxygens (including phenoxy) is 1. The van der Waals surface area contributed by atoms with E-state index in [1.807, 2.05) is 19.9 Å². The number of benzene rings is 1. The van der Waals surface area contributed by atoms with Gasteiger partial charge in [0.2, 0.25) is 0 Å². The van der Waals surface area contributed by atoms with E-state index in [4.69, 9.17) is 0 Å². The highest BCUT2D eigenvalue weighted by atomic mass is 16.5. The lowest BCUT2D eigenvalue weighted by atomic mass is 9.62. The molecule has 0 heterocycles. The molecule has 1 unspecified atom stereocenters. The molecule has 1 aromatic rings. The molecule has 0 amide bonds. The van der Waals surface area contributed by atoms with Gasteiger partial charge in [-0.2, -0.15) is 0 Å². The van der Waals surface area contributed by atoms with Crippen LogP contribution >= 0.6 is 0 Å². The molecule has 0 radical (unpaired) electrons. The summed E-state index contributed by atoms with van der Waals surface area (Å²) >= 11 is 0. The molecule has 4 nitrogen and oxygen atoms in total. The molecule has 0 spiro atoms. The molecule has 1 aromatic carbocycles. The highest BCUT2D eigenvalue weighted by Gasteiger charge is 2.49. The number of rotatable bonds is 3. The van der Waals surface area contributed by atoms with Crippen LogP contribution in [-0.2, 0) is 15.1 Å². The quantitative estimate of drug-likeness (QED) is 0.529. The average Bonchev–Trinajstić information content (AvgIpc) is 2.50. The van der Waals surface area contributed by atoms with Crippen molar-refractivity contribution in [3.63, 3.8) is 0 Å². The van der Waals surface area contributed by atoms with Crippen LogP contribution in [0.5, 0.6) is 0 Å². The fourth-order valence-corrected chi connectivity index (χ4v) is 2.91. The summed E-state index contributed by atoms with van der Waals surface area (Å²) in [5.74, 6) is -0.414. The van der Waals surface area contributed by atoms with Crippen LogP contribution in [0.15, 0.2) is 48.1 Å². The predicted molar refractivity (Wildman–Crippen MR) is 88.0 cm³/mol. The number of aliphatic hydroxyl groups is 1. The van der Waals surface area contributed by atoms with Crippen LogP contribution in [0.4, 0.5) is 0 Å². The fraction of sp³-hybridized carbons (Fsp3) is 0.368. The molecule has 0 saturated heterocycles. The second-order valence-electron chi connectivity index (χ2n) is 6.54. The summed E-state index contributed by atoms with van der Waals surface area (Å²) in [5.41, 5.74) is -0.129. The van der Waals surface area contributed by atoms with Crippen molar-refractivity contribution in [2.75, 3.05) is 7.11 Å². The molecular formula is C19H22O4. The Bertz CT molecular complexity index is 697. The van der Waals surface area contributed by atoms with Gasteiger partial charge >= 0.3 is 5.97 Å². The molecule has 1 aliphatic rings. The molecule has 4 heteroatoms. The lowest BCUT2D eigenvalue weighted by Crippen LogP contribution is -2.46. The van der Waals surface area contributed by atoms with Gasteiger partial charge in [-0.1, -0.05) is 44.2 Å². The lowest BCUT2D eigenvalue weighted by molar-refractivity contribution is -0.134. The van der Waals surface area contributed by atoms with Gasteiger partial charge in [-0.25, -0.2) is 4.79 Å². The smallest absolute Gasteiger partial charge is 0.330 e. The van der Waals surface area contributed by atoms with Crippen molar-refractivity contribution < 1.29 is 19.4 Å². The topological polar surface area (TPSA) is 63.6 Å². The van der Waals surface area contributed by atoms with Gasteiger partial charge in [-0.05, 0) is 24.1 Å². The van der Waals surface area contributed by atoms with E-state index in [1.54, 1.807) is 37.3 Å². The molecule has 1 aliphatic carbocycles. The molecule has 0 saturated carbocycles. The molecule has 1 atom stereocenters. The monoisotopic (exact) mass is 314 g/mol. The minimum Gasteiger partial charge on any atom is -0.466 e. The number of fused-ring (bicyclic) bond motifs is 1. The van der Waals surface area contributed by atoms with Crippen LogP contribution in [0.2, 0.25) is 0 Å². The summed E-state index contributed by atoms with van der Waals surface area (Å²) in [6.07, 6.45) is 4.95. The second-order valence-corrected chi connectivity index (χ2v) is 6.54. The summed E-state index contributed by atoms with van der Waals surface area (Å²) in [5, 5.41) is 11.3. The second kappa shape index (κ2) is 6.13. The molecule has 122 valence electrons. The third-order valence-electron chi connectivity index (χ3n) is 4.41. The zero-order valence-corrected chi connectivity index (χ0v) is 13.9. The molecule has 0 aromatic heterocycles. The number of methoxy groups -OCH3 is 1. The van der Waals surface area contributed by atoms with E-state index in [9.17, 15) is 14.7 Å². The van der Waals surface area contributed by atoms with E-state index in [0.717, 1.165) is 0 Å². The first kappa shape index (κ1) is 17.2. The van der Waals surface area contributed by atoms with E-state index >= 15 is 0 Å². The van der Waals surface area contributed by atoms with Crippen LogP contribution in [0.1, 0.15) is 43.1 Å². The zero-order valence-electron chi connectivity index (χ0n) is 13.9. The first-order valence-electron chi connectivity index (χ1n) is 7.52. The van der Waals surface area contributed by atoms with E-state index in [2.05, 4.69) is 4.74 Å². The van der Waals surface area contributed by atoms with E-state index in [-0.39, 0.29) is 12.2 Å². The van der Waals surface area contributed by atoms with Gasteiger partial charge < -0.3 is 9.84 Å². The van der Waals surface area contributed by atoms with Gasteiger partial charge in [0.25, 0.3) is 0 Å². The van der Waals surface area contributed by atoms with Crippen LogP contribution in [0.25, 0.3) is 0 Å². The number of allylic oxidation sites excluding steroid dienone is 2. The fourth-order valence-electron chi connectivity index (χ4n) is 2.91. The molecule has 1 N–H and O–H groups in total. The van der Waals surface area contributed by atoms with Crippen molar-refractivity contribution in [3.05, 3.63) is 59.2 Å². The van der Waals surface area contributed by atoms with Gasteiger partial charge in [-0.15, -0.1) is 0 Å². The third kappa shape index (κ3) is 3.13. The first-order chi connectivity index (χ1) is 10.7. The molecule has 23 heavy (non-hydrogen) atoms. The Morgan fingerprint density at radius 1 is 1.30 bits per heavy atom. The van der Waals surface area contributed by atoms with Crippen LogP contribution in [0.3, 0.4) is 0 Å². The average molecular weight is 314 g/mol. The van der Waals surface area contributed by atoms with E-state index < -0.39 is 17.0 Å². The summed E-state index contributed by atoms with van der Waals surface area (Å²) in [6.45, 7) is 5.48. The van der Waals surface area contributed by atoms with Crippen molar-refractivity contribution in [2.45, 2.75) is 32.8 Å². The summed E-state index contributed by atoms with van der Waals surface area (Å²) in [7, 11) is 1.31. The Balaban J connectivity index is 2.49. The number of hydrogen-bond acceptors (Lipinski definition) is 4. The zero-order chi connectivity index (χ0) is 17.3. The minimum atomic E-state index is -1.29. The number of hydrogen-bond donors (Lipinski definition) is 1. The molecular weight excluding hydrogens is 292 g/mol. The van der Waals surface area contributed by atoms with Crippen molar-refractivity contribution in [2.24, 2.45) is 5.41 Å². The highest BCUT2D eigenvalue weighted by Crippen LogP contribution is 2.49. The van der Waals surface area contributed by atoms with Gasteiger partial charge in [0.15, 0.2) is 5.78 Å². The van der Waals surface area contributed by atoms with Crippen LogP contribution < -0.4 is 0 Å². The number of esters is 1. The highest BCUT2D eigenvalue weighted by molar-refractivity contribution is 5.99. The molecule has 0 aliphatic heterocycles. The van der Waals surface area contributed by atoms with Crippen LogP contribution in [-0.4, -0.2) is 24.0 Å². The SMILES string of the molecule is COC(=O)/C=C(C)\C=C\C1(O)c2ccccc2C(=O)CC1(C)C. The van der Waals surface area contributed by atoms with Gasteiger partial charge in [-0.3, -0.25) is 4.79 Å². The van der Waals surface area contributed by atoms with E-state index in [0.29, 0.717) is 16.7 Å². The first-order valence-corrected chi connectivity index (χ1v) is 7.52. The maximum absolute atomic E-state index is 12.3. The van der Waals surface area contributed by atoms with Gasteiger partial charge in [0.1, 0.15) is 5.60 Å². The largest absolute Gasteiger partial charge is 0.466 e. The maximum atomic E-state index is 12.3. The minimum absolute atomic E-state index is 0.0329. The summed E-state index contributed by atoms with van der Waals surface area (Å²) in [6, 6.07) is 7.12. The number of carbonyl (C=O) groups is 2. The number of carbonyl (C=O) groups excluding carboxylic acids is 2. The lowest BCUT2D eigenvalue weighted by Gasteiger charge is -2.45. The standard InChI is InChI=1S/C19H22O4/c1-13(11-17(21)23-4)9-10-19(22)15-8-6-5-7-14(15)16(20)12-18(19,2)3/h5-11,22H,12H2,1-4H3/b10-9+,13-11-. The Kier molecular flexibility index (Phi) is 4.57. The van der Waals surface area contributed by atoms with Crippen molar-refractivity contribution >= 4 is 11.8 Å². The molecule has 0 bridgehead atoms. The number of Topliss-reactive ketones (excluding diaryl/α,β-unsaturated/α-hetero) is 1. The maximum Gasteiger partial charge on any atom is 0.330 e. The van der Waals surface area contributed by atoms with Crippen molar-refractivity contribution in [1.82, 2.24) is 0 Å². The number of ketones is 1. The summed E-state index contributed by atoms with van der Waals surface area (Å²) in [4.78, 5) is 23.6. The predicted octanol–water partition coefficient (Wildman–Crippen LogP) is 3.16. The van der Waals surface area contributed by atoms with Gasteiger partial charge in [0, 0.05) is 23.5 Å². The van der Waals surface area contributed by atoms with Crippen molar-refractivity contribution in [1.29, 1.82) is 0 Å². The Hall–Kier alpha value is -2.20. The van der Waals surface area contributed by atoms with E-state index in [1.165, 1.54) is 13.2 Å². The third-order valence-corrected chi connectivity index (χ3v) is 4.41. The Morgan fingerprint density at radius 3 is 2.61 bits per heavy atom. The Labute approximate surface area is 136 Å². The molecule has 0 fully saturated rings. The molecule has 2 rings (SSSR count). The van der Waals surface area contributed by atoms with Crippen LogP contribution in [0, 0.1) is 5.41 Å². The normalized spacial score (nSPS) is 23.7.